The van der Waals surface area contributed by atoms with E-state index in [1.165, 1.54) is 0 Å². The van der Waals surface area contributed by atoms with Crippen molar-refractivity contribution in [2.24, 2.45) is 5.92 Å². The highest BCUT2D eigenvalue weighted by Crippen LogP contribution is 2.39. The lowest BCUT2D eigenvalue weighted by molar-refractivity contribution is -0.143. The van der Waals surface area contributed by atoms with Crippen LogP contribution in [0.2, 0.25) is 0 Å². The van der Waals surface area contributed by atoms with Crippen LogP contribution in [-0.4, -0.2) is 29.1 Å². The van der Waals surface area contributed by atoms with Crippen molar-refractivity contribution in [2.75, 3.05) is 13.1 Å². The van der Waals surface area contributed by atoms with E-state index in [1.54, 1.807) is 23.5 Å². The van der Waals surface area contributed by atoms with Crippen LogP contribution >= 0.6 is 11.3 Å². The van der Waals surface area contributed by atoms with Crippen LogP contribution in [0.4, 0.5) is 13.2 Å². The van der Waals surface area contributed by atoms with Gasteiger partial charge < -0.3 is 5.11 Å². The average molecular weight is 419 g/mol. The van der Waals surface area contributed by atoms with Gasteiger partial charge in [0.05, 0.1) is 17.5 Å². The van der Waals surface area contributed by atoms with Crippen LogP contribution in [0.3, 0.4) is 0 Å². The molecular weight excluding hydrogens is 399 g/mol. The van der Waals surface area contributed by atoms with Gasteiger partial charge in [-0.1, -0.05) is 30.3 Å². The first kappa shape index (κ1) is 19.9. The van der Waals surface area contributed by atoms with Gasteiger partial charge in [0.25, 0.3) is 0 Å². The Bertz CT molecular complexity index is 1000. The number of alkyl halides is 3. The molecule has 1 saturated heterocycles. The number of likely N-dealkylation sites (tertiary alicyclic amines) is 1. The van der Waals surface area contributed by atoms with E-state index >= 15 is 0 Å². The number of benzene rings is 2. The number of hydrogen-bond acceptors (Lipinski definition) is 3. The summed E-state index contributed by atoms with van der Waals surface area (Å²) >= 11 is 1.61. The van der Waals surface area contributed by atoms with Gasteiger partial charge in [-0.15, -0.1) is 11.3 Å². The zero-order valence-corrected chi connectivity index (χ0v) is 16.3. The molecule has 3 aromatic rings. The van der Waals surface area contributed by atoms with E-state index in [4.69, 9.17) is 0 Å². The van der Waals surface area contributed by atoms with Crippen LogP contribution in [0.1, 0.15) is 35.6 Å². The first-order valence-electron chi connectivity index (χ1n) is 9.45. The van der Waals surface area contributed by atoms with Crippen molar-refractivity contribution in [3.05, 3.63) is 70.6 Å². The number of carboxylic acids is 1. The summed E-state index contributed by atoms with van der Waals surface area (Å²) in [5.74, 6) is -1.14. The Balaban J connectivity index is 1.73. The molecule has 0 saturated carbocycles. The zero-order valence-electron chi connectivity index (χ0n) is 15.5. The third-order valence-electron chi connectivity index (χ3n) is 5.60. The van der Waals surface area contributed by atoms with Gasteiger partial charge in [0.2, 0.25) is 0 Å². The Labute approximate surface area is 170 Å². The lowest BCUT2D eigenvalue weighted by Gasteiger charge is -2.37. The molecule has 0 aliphatic carbocycles. The van der Waals surface area contributed by atoms with Gasteiger partial charge in [0, 0.05) is 4.70 Å². The van der Waals surface area contributed by atoms with Crippen molar-refractivity contribution in [2.45, 2.75) is 25.1 Å². The Hall–Kier alpha value is -2.38. The smallest absolute Gasteiger partial charge is 0.416 e. The molecule has 0 radical (unpaired) electrons. The maximum atomic E-state index is 13.0. The molecule has 1 aliphatic rings. The summed E-state index contributed by atoms with van der Waals surface area (Å²) in [4.78, 5) is 13.5. The standard InChI is InChI=1S/C22H20F3NO2S/c23-22(24,25)16-7-5-14(6-8-16)20(26-11-9-15(10-12-26)21(27)28)18-13-29-19-4-2-1-3-17(18)19/h1-8,13,15,20H,9-12H2,(H,27,28). The molecule has 1 N–H and O–H groups in total. The minimum absolute atomic E-state index is 0.205. The molecule has 3 nitrogen and oxygen atoms in total. The van der Waals surface area contributed by atoms with Crippen molar-refractivity contribution in [3.63, 3.8) is 0 Å². The molecule has 2 heterocycles. The lowest BCUT2D eigenvalue weighted by atomic mass is 9.91. The minimum atomic E-state index is -4.37. The van der Waals surface area contributed by atoms with Crippen molar-refractivity contribution in [3.8, 4) is 0 Å². The summed E-state index contributed by atoms with van der Waals surface area (Å²) in [6.45, 7) is 1.18. The number of thiophene rings is 1. The van der Waals surface area contributed by atoms with E-state index in [9.17, 15) is 23.1 Å². The highest BCUT2D eigenvalue weighted by atomic mass is 32.1. The average Bonchev–Trinajstić information content (AvgIpc) is 3.12. The molecule has 1 aliphatic heterocycles. The summed E-state index contributed by atoms with van der Waals surface area (Å²) in [7, 11) is 0. The fourth-order valence-corrected chi connectivity index (χ4v) is 5.04. The largest absolute Gasteiger partial charge is 0.481 e. The molecular formula is C22H20F3NO2S. The van der Waals surface area contributed by atoms with Crippen LogP contribution in [0.25, 0.3) is 10.1 Å². The third kappa shape index (κ3) is 4.02. The SMILES string of the molecule is O=C(O)C1CCN(C(c2ccc(C(F)(F)F)cc2)c2csc3ccccc23)CC1. The fraction of sp³-hybridized carbons (Fsp3) is 0.318. The van der Waals surface area contributed by atoms with Crippen LogP contribution in [0.15, 0.2) is 53.9 Å². The number of fused-ring (bicyclic) bond motifs is 1. The van der Waals surface area contributed by atoms with E-state index in [0.717, 1.165) is 33.3 Å². The Morgan fingerprint density at radius 3 is 2.34 bits per heavy atom. The molecule has 1 atom stereocenters. The predicted molar refractivity (Wildman–Crippen MR) is 107 cm³/mol. The molecule has 0 amide bonds. The van der Waals surface area contributed by atoms with Gasteiger partial charge in [-0.05, 0) is 66.0 Å². The first-order valence-corrected chi connectivity index (χ1v) is 10.3. The zero-order chi connectivity index (χ0) is 20.6. The molecule has 7 heteroatoms. The molecule has 0 spiro atoms. The third-order valence-corrected chi connectivity index (χ3v) is 6.58. The van der Waals surface area contributed by atoms with Crippen molar-refractivity contribution < 1.29 is 23.1 Å². The van der Waals surface area contributed by atoms with Crippen LogP contribution in [0.5, 0.6) is 0 Å². The Morgan fingerprint density at radius 2 is 1.72 bits per heavy atom. The van der Waals surface area contributed by atoms with Gasteiger partial charge in [-0.3, -0.25) is 9.69 Å². The predicted octanol–water partition coefficient (Wildman–Crippen LogP) is 5.81. The van der Waals surface area contributed by atoms with E-state index in [-0.39, 0.29) is 12.0 Å². The summed E-state index contributed by atoms with van der Waals surface area (Å²) < 4.78 is 40.2. The van der Waals surface area contributed by atoms with Gasteiger partial charge in [0.1, 0.15) is 0 Å². The van der Waals surface area contributed by atoms with E-state index < -0.39 is 17.7 Å². The number of aliphatic carboxylic acids is 1. The molecule has 1 unspecified atom stereocenters. The van der Waals surface area contributed by atoms with E-state index in [0.29, 0.717) is 25.9 Å². The van der Waals surface area contributed by atoms with Gasteiger partial charge in [-0.2, -0.15) is 13.2 Å². The monoisotopic (exact) mass is 419 g/mol. The maximum Gasteiger partial charge on any atom is 0.416 e. The molecule has 2 aromatic carbocycles. The number of nitrogens with zero attached hydrogens (tertiary/aromatic N) is 1. The van der Waals surface area contributed by atoms with Crippen LogP contribution < -0.4 is 0 Å². The quantitative estimate of drug-likeness (QED) is 0.581. The fourth-order valence-electron chi connectivity index (χ4n) is 4.06. The summed E-state index contributed by atoms with van der Waals surface area (Å²) in [5.41, 5.74) is 1.18. The first-order chi connectivity index (χ1) is 13.8. The molecule has 1 fully saturated rings. The molecule has 0 bridgehead atoms. The summed E-state index contributed by atoms with van der Waals surface area (Å²) in [6.07, 6.45) is -3.30. The molecule has 1 aromatic heterocycles. The number of rotatable bonds is 4. The maximum absolute atomic E-state index is 13.0. The Morgan fingerprint density at radius 1 is 1.07 bits per heavy atom. The second kappa shape index (κ2) is 7.80. The highest BCUT2D eigenvalue weighted by Gasteiger charge is 2.33. The van der Waals surface area contributed by atoms with Gasteiger partial charge >= 0.3 is 12.1 Å². The number of carboxylic acid groups (broad SMARTS) is 1. The van der Waals surface area contributed by atoms with Gasteiger partial charge in [0.15, 0.2) is 0 Å². The lowest BCUT2D eigenvalue weighted by Crippen LogP contribution is -2.39. The van der Waals surface area contributed by atoms with Crippen LogP contribution in [-0.2, 0) is 11.0 Å². The normalized spacial score (nSPS) is 17.5. The number of hydrogen-bond donors (Lipinski definition) is 1. The summed E-state index contributed by atoms with van der Waals surface area (Å²) in [5, 5.41) is 12.4. The van der Waals surface area contributed by atoms with E-state index in [2.05, 4.69) is 10.3 Å². The molecule has 152 valence electrons. The number of piperidine rings is 1. The number of carbonyl (C=O) groups is 1. The molecule has 4 rings (SSSR count). The molecule has 29 heavy (non-hydrogen) atoms. The minimum Gasteiger partial charge on any atom is -0.481 e. The van der Waals surface area contributed by atoms with Crippen LogP contribution in [0, 0.1) is 5.92 Å². The topological polar surface area (TPSA) is 40.5 Å². The van der Waals surface area contributed by atoms with Crippen molar-refractivity contribution >= 4 is 27.4 Å². The summed E-state index contributed by atoms with van der Waals surface area (Å²) in [6, 6.07) is 13.1. The second-order valence-corrected chi connectivity index (χ2v) is 8.27. The number of halogens is 3. The Kier molecular flexibility index (Phi) is 5.36. The van der Waals surface area contributed by atoms with Crippen molar-refractivity contribution in [1.82, 2.24) is 4.90 Å². The van der Waals surface area contributed by atoms with Gasteiger partial charge in [-0.25, -0.2) is 0 Å². The van der Waals surface area contributed by atoms with E-state index in [1.807, 2.05) is 24.3 Å². The van der Waals surface area contributed by atoms with Crippen molar-refractivity contribution in [1.29, 1.82) is 0 Å². The highest BCUT2D eigenvalue weighted by molar-refractivity contribution is 7.17. The second-order valence-electron chi connectivity index (χ2n) is 7.36.